The van der Waals surface area contributed by atoms with E-state index in [9.17, 15) is 18.3 Å². The van der Waals surface area contributed by atoms with Gasteiger partial charge in [0.1, 0.15) is 0 Å². The van der Waals surface area contributed by atoms with E-state index in [1.54, 1.807) is 0 Å². The second-order valence-electron chi connectivity index (χ2n) is 3.95. The molecule has 1 aliphatic rings. The Hall–Kier alpha value is -0.250. The van der Waals surface area contributed by atoms with Crippen LogP contribution in [0.15, 0.2) is 0 Å². The van der Waals surface area contributed by atoms with Crippen molar-refractivity contribution in [2.45, 2.75) is 44.9 Å². The third-order valence-electron chi connectivity index (χ3n) is 2.63. The van der Waals surface area contributed by atoms with E-state index in [4.69, 9.17) is 0 Å². The van der Waals surface area contributed by atoms with Gasteiger partial charge in [0.25, 0.3) is 0 Å². The van der Waals surface area contributed by atoms with Crippen LogP contribution in [0.4, 0.5) is 13.2 Å². The molecule has 0 bridgehead atoms. The van der Waals surface area contributed by atoms with Crippen molar-refractivity contribution in [2.75, 3.05) is 0 Å². The molecule has 1 nitrogen and oxygen atoms in total. The number of hydrogen-bond donors (Lipinski definition) is 1. The maximum Gasteiger partial charge on any atom is 0.389 e. The lowest BCUT2D eigenvalue weighted by Crippen LogP contribution is -2.13. The fraction of sp³-hybridized carbons (Fsp3) is 1.00. The second kappa shape index (κ2) is 3.86. The second-order valence-corrected chi connectivity index (χ2v) is 3.95. The summed E-state index contributed by atoms with van der Waals surface area (Å²) < 4.78 is 35.2. The summed E-state index contributed by atoms with van der Waals surface area (Å²) in [5.74, 6) is 0.758. The fourth-order valence-corrected chi connectivity index (χ4v) is 1.61. The van der Waals surface area contributed by atoms with Crippen molar-refractivity contribution >= 4 is 0 Å². The van der Waals surface area contributed by atoms with Crippen molar-refractivity contribution in [3.05, 3.63) is 0 Å². The first-order chi connectivity index (χ1) is 5.90. The van der Waals surface area contributed by atoms with E-state index < -0.39 is 18.7 Å². The molecule has 0 aromatic carbocycles. The summed E-state index contributed by atoms with van der Waals surface area (Å²) in [6.07, 6.45) is -4.06. The molecule has 0 saturated heterocycles. The van der Waals surface area contributed by atoms with Gasteiger partial charge in [-0.05, 0) is 31.1 Å². The van der Waals surface area contributed by atoms with Crippen molar-refractivity contribution < 1.29 is 18.3 Å². The lowest BCUT2D eigenvalue weighted by molar-refractivity contribution is -0.136. The van der Waals surface area contributed by atoms with E-state index >= 15 is 0 Å². The number of alkyl halides is 3. The van der Waals surface area contributed by atoms with Crippen LogP contribution < -0.4 is 0 Å². The Labute approximate surface area is 75.9 Å². The zero-order chi connectivity index (χ0) is 10.1. The third kappa shape index (κ3) is 3.98. The van der Waals surface area contributed by atoms with Crippen molar-refractivity contribution in [1.82, 2.24) is 0 Å². The van der Waals surface area contributed by atoms with Crippen LogP contribution in [0.1, 0.15) is 32.6 Å². The van der Waals surface area contributed by atoms with E-state index in [1.807, 2.05) is 6.92 Å². The monoisotopic (exact) mass is 196 g/mol. The van der Waals surface area contributed by atoms with Crippen molar-refractivity contribution in [2.24, 2.45) is 11.8 Å². The Morgan fingerprint density at radius 3 is 2.38 bits per heavy atom. The molecular formula is C9H15F3O. The molecule has 4 heteroatoms. The summed E-state index contributed by atoms with van der Waals surface area (Å²) in [6, 6.07) is 0. The number of aliphatic hydroxyl groups excluding tert-OH is 1. The van der Waals surface area contributed by atoms with E-state index in [1.165, 1.54) is 0 Å². The molecule has 3 unspecified atom stereocenters. The van der Waals surface area contributed by atoms with Gasteiger partial charge in [0, 0.05) is 6.42 Å². The Bertz CT molecular complexity index is 167. The number of halogens is 3. The smallest absolute Gasteiger partial charge is 0.389 e. The van der Waals surface area contributed by atoms with Gasteiger partial charge in [0.05, 0.1) is 6.10 Å². The predicted molar refractivity (Wildman–Crippen MR) is 43.2 cm³/mol. The predicted octanol–water partition coefficient (Wildman–Crippen LogP) is 2.74. The molecule has 0 aromatic heterocycles. The Balaban J connectivity index is 2.06. The van der Waals surface area contributed by atoms with Crippen LogP contribution in [0.2, 0.25) is 0 Å². The fourth-order valence-electron chi connectivity index (χ4n) is 1.61. The Morgan fingerprint density at radius 2 is 2.00 bits per heavy atom. The summed E-state index contributed by atoms with van der Waals surface area (Å²) in [7, 11) is 0. The lowest BCUT2D eigenvalue weighted by Gasteiger charge is -2.10. The van der Waals surface area contributed by atoms with E-state index in [0.717, 1.165) is 6.42 Å². The number of hydrogen-bond acceptors (Lipinski definition) is 1. The first-order valence-electron chi connectivity index (χ1n) is 4.65. The van der Waals surface area contributed by atoms with Gasteiger partial charge in [-0.2, -0.15) is 13.2 Å². The minimum absolute atomic E-state index is 0.0495. The SMILES string of the molecule is CC1CC1C(O)CCCC(F)(F)F. The van der Waals surface area contributed by atoms with Gasteiger partial charge >= 0.3 is 6.18 Å². The normalized spacial score (nSPS) is 30.2. The first kappa shape index (κ1) is 10.8. The van der Waals surface area contributed by atoms with Gasteiger partial charge < -0.3 is 5.11 Å². The van der Waals surface area contributed by atoms with Crippen molar-refractivity contribution in [3.8, 4) is 0 Å². The molecule has 0 radical (unpaired) electrons. The topological polar surface area (TPSA) is 20.2 Å². The highest BCUT2D eigenvalue weighted by atomic mass is 19.4. The highest BCUT2D eigenvalue weighted by Crippen LogP contribution is 2.42. The third-order valence-corrected chi connectivity index (χ3v) is 2.63. The molecule has 0 aliphatic heterocycles. The van der Waals surface area contributed by atoms with Crippen LogP contribution in [-0.2, 0) is 0 Å². The maximum atomic E-state index is 11.7. The van der Waals surface area contributed by atoms with Crippen LogP contribution in [0.5, 0.6) is 0 Å². The molecule has 1 fully saturated rings. The van der Waals surface area contributed by atoms with Crippen LogP contribution in [0.3, 0.4) is 0 Å². The number of aliphatic hydroxyl groups is 1. The average Bonchev–Trinajstić information content (AvgIpc) is 2.63. The van der Waals surface area contributed by atoms with Crippen LogP contribution >= 0.6 is 0 Å². The molecule has 3 atom stereocenters. The standard InChI is InChI=1S/C9H15F3O/c1-6-5-7(6)8(13)3-2-4-9(10,11)12/h6-8,13H,2-5H2,1H3. The highest BCUT2D eigenvalue weighted by molar-refractivity contribution is 4.88. The quantitative estimate of drug-likeness (QED) is 0.733. The molecule has 1 rings (SSSR count). The largest absolute Gasteiger partial charge is 0.393 e. The summed E-state index contributed by atoms with van der Waals surface area (Å²) in [4.78, 5) is 0. The zero-order valence-corrected chi connectivity index (χ0v) is 7.64. The molecular weight excluding hydrogens is 181 g/mol. The van der Waals surface area contributed by atoms with Crippen LogP contribution in [0.25, 0.3) is 0 Å². The molecule has 13 heavy (non-hydrogen) atoms. The average molecular weight is 196 g/mol. The molecule has 0 heterocycles. The molecule has 78 valence electrons. The van der Waals surface area contributed by atoms with Gasteiger partial charge in [-0.3, -0.25) is 0 Å². The first-order valence-corrected chi connectivity index (χ1v) is 4.65. The minimum Gasteiger partial charge on any atom is -0.393 e. The van der Waals surface area contributed by atoms with E-state index in [-0.39, 0.29) is 18.8 Å². The van der Waals surface area contributed by atoms with E-state index in [0.29, 0.717) is 5.92 Å². The van der Waals surface area contributed by atoms with Gasteiger partial charge in [0.2, 0.25) is 0 Å². The Kier molecular flexibility index (Phi) is 3.22. The van der Waals surface area contributed by atoms with Crippen LogP contribution in [0, 0.1) is 11.8 Å². The molecule has 0 spiro atoms. The highest BCUT2D eigenvalue weighted by Gasteiger charge is 2.38. The van der Waals surface area contributed by atoms with Crippen LogP contribution in [-0.4, -0.2) is 17.4 Å². The molecule has 1 N–H and O–H groups in total. The zero-order valence-electron chi connectivity index (χ0n) is 7.64. The lowest BCUT2D eigenvalue weighted by atomic mass is 10.1. The summed E-state index contributed by atoms with van der Waals surface area (Å²) >= 11 is 0. The summed E-state index contributed by atoms with van der Waals surface area (Å²) in [5.41, 5.74) is 0. The summed E-state index contributed by atoms with van der Waals surface area (Å²) in [6.45, 7) is 2.01. The van der Waals surface area contributed by atoms with Gasteiger partial charge in [-0.15, -0.1) is 0 Å². The Morgan fingerprint density at radius 1 is 1.46 bits per heavy atom. The van der Waals surface area contributed by atoms with E-state index in [2.05, 4.69) is 0 Å². The van der Waals surface area contributed by atoms with Gasteiger partial charge in [-0.1, -0.05) is 6.92 Å². The van der Waals surface area contributed by atoms with Crippen molar-refractivity contribution in [3.63, 3.8) is 0 Å². The minimum atomic E-state index is -4.07. The maximum absolute atomic E-state index is 11.7. The van der Waals surface area contributed by atoms with Gasteiger partial charge in [0.15, 0.2) is 0 Å². The number of rotatable bonds is 4. The van der Waals surface area contributed by atoms with Crippen molar-refractivity contribution in [1.29, 1.82) is 0 Å². The summed E-state index contributed by atoms with van der Waals surface area (Å²) in [5, 5.41) is 9.39. The van der Waals surface area contributed by atoms with Gasteiger partial charge in [-0.25, -0.2) is 0 Å². The molecule has 1 aliphatic carbocycles. The molecule has 1 saturated carbocycles. The molecule has 0 aromatic rings. The molecule has 0 amide bonds.